The quantitative estimate of drug-likeness (QED) is 0.773. The van der Waals surface area contributed by atoms with Crippen LogP contribution in [0, 0.1) is 0 Å². The summed E-state index contributed by atoms with van der Waals surface area (Å²) in [5.74, 6) is 0.139. The van der Waals surface area contributed by atoms with E-state index in [0.717, 1.165) is 5.56 Å². The molecular formula is C15H24F2N2O2. The van der Waals surface area contributed by atoms with Gasteiger partial charge in [0.05, 0.1) is 5.60 Å². The molecule has 0 saturated heterocycles. The highest BCUT2D eigenvalue weighted by atomic mass is 19.3. The summed E-state index contributed by atoms with van der Waals surface area (Å²) in [5.41, 5.74) is 0.105. The molecule has 1 aromatic rings. The van der Waals surface area contributed by atoms with Gasteiger partial charge >= 0.3 is 6.61 Å². The number of halogens is 2. The molecule has 0 bridgehead atoms. The summed E-state index contributed by atoms with van der Waals surface area (Å²) in [6.45, 7) is 1.89. The Morgan fingerprint density at radius 1 is 1.29 bits per heavy atom. The van der Waals surface area contributed by atoms with Crippen LogP contribution in [0.1, 0.15) is 25.5 Å². The minimum Gasteiger partial charge on any atom is -0.435 e. The van der Waals surface area contributed by atoms with Gasteiger partial charge in [0.25, 0.3) is 0 Å². The van der Waals surface area contributed by atoms with Crippen LogP contribution in [-0.4, -0.2) is 49.4 Å². The number of nitrogens with zero attached hydrogens (tertiary/aromatic N) is 1. The molecular weight excluding hydrogens is 278 g/mol. The third kappa shape index (κ3) is 6.84. The molecule has 0 spiro atoms. The van der Waals surface area contributed by atoms with Gasteiger partial charge in [-0.15, -0.1) is 0 Å². The highest BCUT2D eigenvalue weighted by molar-refractivity contribution is 5.29. The second-order valence-corrected chi connectivity index (χ2v) is 5.78. The number of rotatable bonds is 8. The normalized spacial score (nSPS) is 16.0. The SMILES string of the molecule is CC(NCC(C)(O)CN(C)C)c1ccc(OC(F)F)cc1. The highest BCUT2D eigenvalue weighted by Crippen LogP contribution is 2.19. The third-order valence-electron chi connectivity index (χ3n) is 3.05. The van der Waals surface area contributed by atoms with Crippen molar-refractivity contribution in [1.82, 2.24) is 10.2 Å². The number of hydrogen-bond donors (Lipinski definition) is 2. The Kier molecular flexibility index (Phi) is 6.51. The predicted molar refractivity (Wildman–Crippen MR) is 78.7 cm³/mol. The zero-order chi connectivity index (χ0) is 16.0. The van der Waals surface area contributed by atoms with Crippen molar-refractivity contribution >= 4 is 0 Å². The van der Waals surface area contributed by atoms with Crippen LogP contribution in [0.15, 0.2) is 24.3 Å². The lowest BCUT2D eigenvalue weighted by Crippen LogP contribution is -2.46. The molecule has 0 aliphatic carbocycles. The Morgan fingerprint density at radius 2 is 1.86 bits per heavy atom. The largest absolute Gasteiger partial charge is 0.435 e. The molecule has 0 radical (unpaired) electrons. The third-order valence-corrected chi connectivity index (χ3v) is 3.05. The van der Waals surface area contributed by atoms with Gasteiger partial charge in [-0.3, -0.25) is 0 Å². The molecule has 2 atom stereocenters. The molecule has 2 N–H and O–H groups in total. The molecule has 0 aliphatic heterocycles. The topological polar surface area (TPSA) is 44.7 Å². The van der Waals surface area contributed by atoms with Crippen molar-refractivity contribution in [1.29, 1.82) is 0 Å². The van der Waals surface area contributed by atoms with Crippen LogP contribution in [0.2, 0.25) is 0 Å². The molecule has 21 heavy (non-hydrogen) atoms. The van der Waals surface area contributed by atoms with E-state index in [-0.39, 0.29) is 11.8 Å². The van der Waals surface area contributed by atoms with E-state index in [1.54, 1.807) is 19.1 Å². The van der Waals surface area contributed by atoms with Gasteiger partial charge in [0, 0.05) is 19.1 Å². The summed E-state index contributed by atoms with van der Waals surface area (Å²) in [5, 5.41) is 13.5. The van der Waals surface area contributed by atoms with E-state index in [4.69, 9.17) is 0 Å². The molecule has 0 amide bonds. The molecule has 2 unspecified atom stereocenters. The molecule has 6 heteroatoms. The number of likely N-dealkylation sites (N-methyl/N-ethyl adjacent to an activating group) is 1. The second kappa shape index (κ2) is 7.68. The van der Waals surface area contributed by atoms with Gasteiger partial charge in [-0.1, -0.05) is 12.1 Å². The lowest BCUT2D eigenvalue weighted by atomic mass is 10.0. The van der Waals surface area contributed by atoms with Crippen LogP contribution in [0.3, 0.4) is 0 Å². The number of aliphatic hydroxyl groups is 1. The standard InChI is InChI=1S/C15H24F2N2O2/c1-11(18-9-15(2,20)10-19(3)4)12-5-7-13(8-6-12)21-14(16)17/h5-8,11,14,18,20H,9-10H2,1-4H3. The highest BCUT2D eigenvalue weighted by Gasteiger charge is 2.22. The Bertz CT molecular complexity index is 422. The summed E-state index contributed by atoms with van der Waals surface area (Å²) in [6.07, 6.45) is 0. The van der Waals surface area contributed by atoms with Crippen LogP contribution in [-0.2, 0) is 0 Å². The fourth-order valence-corrected chi connectivity index (χ4v) is 2.17. The van der Waals surface area contributed by atoms with E-state index in [1.807, 2.05) is 25.9 Å². The maximum Gasteiger partial charge on any atom is 0.387 e. The molecule has 1 aromatic carbocycles. The van der Waals surface area contributed by atoms with E-state index >= 15 is 0 Å². The van der Waals surface area contributed by atoms with Gasteiger partial charge in [-0.2, -0.15) is 8.78 Å². The number of alkyl halides is 2. The average Bonchev–Trinajstić information content (AvgIpc) is 2.34. The fraction of sp³-hybridized carbons (Fsp3) is 0.600. The van der Waals surface area contributed by atoms with Crippen molar-refractivity contribution in [3.8, 4) is 5.75 Å². The maximum atomic E-state index is 12.1. The monoisotopic (exact) mass is 302 g/mol. The summed E-state index contributed by atoms with van der Waals surface area (Å²) in [4.78, 5) is 1.92. The van der Waals surface area contributed by atoms with Crippen molar-refractivity contribution in [2.75, 3.05) is 27.2 Å². The van der Waals surface area contributed by atoms with Crippen molar-refractivity contribution < 1.29 is 18.6 Å². The van der Waals surface area contributed by atoms with E-state index < -0.39 is 12.2 Å². The molecule has 0 saturated carbocycles. The minimum absolute atomic E-state index is 0.000706. The predicted octanol–water partition coefficient (Wildman–Crippen LogP) is 2.25. The first-order valence-corrected chi connectivity index (χ1v) is 6.85. The maximum absolute atomic E-state index is 12.1. The van der Waals surface area contributed by atoms with E-state index in [0.29, 0.717) is 13.1 Å². The molecule has 1 rings (SSSR count). The Morgan fingerprint density at radius 3 is 2.33 bits per heavy atom. The van der Waals surface area contributed by atoms with Crippen molar-refractivity contribution in [2.24, 2.45) is 0 Å². The smallest absolute Gasteiger partial charge is 0.387 e. The lowest BCUT2D eigenvalue weighted by Gasteiger charge is -2.29. The minimum atomic E-state index is -2.81. The van der Waals surface area contributed by atoms with E-state index in [9.17, 15) is 13.9 Å². The van der Waals surface area contributed by atoms with Gasteiger partial charge in [0.1, 0.15) is 5.75 Å². The molecule has 0 aromatic heterocycles. The van der Waals surface area contributed by atoms with Crippen molar-refractivity contribution in [3.05, 3.63) is 29.8 Å². The summed E-state index contributed by atoms with van der Waals surface area (Å²) < 4.78 is 28.4. The van der Waals surface area contributed by atoms with Gasteiger partial charge in [0.15, 0.2) is 0 Å². The zero-order valence-corrected chi connectivity index (χ0v) is 12.9. The van der Waals surface area contributed by atoms with Crippen molar-refractivity contribution in [3.63, 3.8) is 0 Å². The van der Waals surface area contributed by atoms with Crippen LogP contribution in [0.4, 0.5) is 8.78 Å². The number of nitrogens with one attached hydrogen (secondary N) is 1. The second-order valence-electron chi connectivity index (χ2n) is 5.78. The number of hydrogen-bond acceptors (Lipinski definition) is 4. The van der Waals surface area contributed by atoms with Gasteiger partial charge < -0.3 is 20.1 Å². The number of ether oxygens (including phenoxy) is 1. The van der Waals surface area contributed by atoms with Crippen LogP contribution in [0.5, 0.6) is 5.75 Å². The summed E-state index contributed by atoms with van der Waals surface area (Å²) in [7, 11) is 3.80. The summed E-state index contributed by atoms with van der Waals surface area (Å²) in [6, 6.07) is 6.49. The molecule has 4 nitrogen and oxygen atoms in total. The number of benzene rings is 1. The Labute approximate surface area is 124 Å². The fourth-order valence-electron chi connectivity index (χ4n) is 2.17. The van der Waals surface area contributed by atoms with Gasteiger partial charge in [-0.25, -0.2) is 0 Å². The first-order chi connectivity index (χ1) is 9.69. The molecule has 0 aliphatic rings. The van der Waals surface area contributed by atoms with Crippen LogP contribution in [0.25, 0.3) is 0 Å². The van der Waals surface area contributed by atoms with Gasteiger partial charge in [-0.05, 0) is 45.6 Å². The first kappa shape index (κ1) is 17.8. The first-order valence-electron chi connectivity index (χ1n) is 6.85. The molecule has 0 fully saturated rings. The van der Waals surface area contributed by atoms with E-state index in [1.165, 1.54) is 12.1 Å². The zero-order valence-electron chi connectivity index (χ0n) is 12.9. The average molecular weight is 302 g/mol. The van der Waals surface area contributed by atoms with Gasteiger partial charge in [0.2, 0.25) is 0 Å². The Balaban J connectivity index is 2.53. The van der Waals surface area contributed by atoms with Crippen molar-refractivity contribution in [2.45, 2.75) is 32.1 Å². The van der Waals surface area contributed by atoms with Crippen LogP contribution >= 0.6 is 0 Å². The lowest BCUT2D eigenvalue weighted by molar-refractivity contribution is -0.0498. The summed E-state index contributed by atoms with van der Waals surface area (Å²) >= 11 is 0. The van der Waals surface area contributed by atoms with E-state index in [2.05, 4.69) is 10.1 Å². The Hall–Kier alpha value is -1.24. The molecule has 0 heterocycles. The molecule has 120 valence electrons. The van der Waals surface area contributed by atoms with Crippen LogP contribution < -0.4 is 10.1 Å².